The Morgan fingerprint density at radius 1 is 1.24 bits per heavy atom. The predicted octanol–water partition coefficient (Wildman–Crippen LogP) is 1.67. The van der Waals surface area contributed by atoms with Gasteiger partial charge in [-0.05, 0) is 26.1 Å². The number of nitrogens with one attached hydrogen (secondary N) is 2. The first kappa shape index (κ1) is 17.3. The number of carbonyl (C=O) groups is 1. The third-order valence-corrected chi connectivity index (χ3v) is 4.09. The summed E-state index contributed by atoms with van der Waals surface area (Å²) in [4.78, 5) is 23.0. The Kier molecular flexibility index (Phi) is 5.57. The molecule has 1 fully saturated rings. The van der Waals surface area contributed by atoms with Crippen molar-refractivity contribution in [3.63, 3.8) is 0 Å². The fourth-order valence-corrected chi connectivity index (χ4v) is 2.90. The zero-order valence-electron chi connectivity index (χ0n) is 14.5. The fourth-order valence-electron chi connectivity index (χ4n) is 2.90. The number of para-hydroxylation sites is 1. The lowest BCUT2D eigenvalue weighted by Gasteiger charge is -2.19. The molecule has 2 aromatic rings. The number of nitrogens with zero attached hydrogens (tertiary/aromatic N) is 3. The Balaban J connectivity index is 1.61. The van der Waals surface area contributed by atoms with Crippen LogP contribution in [-0.4, -0.2) is 59.7 Å². The van der Waals surface area contributed by atoms with Crippen LogP contribution in [0.4, 0.5) is 11.6 Å². The third-order valence-electron chi connectivity index (χ3n) is 4.09. The minimum Gasteiger partial charge on any atom is -0.375 e. The number of likely N-dealkylation sites (tertiary alicyclic amines) is 1. The van der Waals surface area contributed by atoms with E-state index in [0.29, 0.717) is 18.1 Å². The Bertz CT molecular complexity index is 692. The van der Waals surface area contributed by atoms with Gasteiger partial charge in [0.25, 0.3) is 5.91 Å². The molecule has 7 heteroatoms. The van der Waals surface area contributed by atoms with Gasteiger partial charge in [0.15, 0.2) is 0 Å². The van der Waals surface area contributed by atoms with Crippen molar-refractivity contribution >= 4 is 17.5 Å². The van der Waals surface area contributed by atoms with Crippen LogP contribution in [0, 0.1) is 0 Å². The van der Waals surface area contributed by atoms with Crippen LogP contribution in [-0.2, 0) is 4.74 Å². The number of carbonyl (C=O) groups excluding carboxylic acids is 1. The summed E-state index contributed by atoms with van der Waals surface area (Å²) in [7, 11) is 2.02. The largest absolute Gasteiger partial charge is 0.375 e. The van der Waals surface area contributed by atoms with Crippen molar-refractivity contribution in [3.05, 3.63) is 48.3 Å². The number of anilines is 2. The summed E-state index contributed by atoms with van der Waals surface area (Å²) in [5.41, 5.74) is 1.33. The zero-order valence-corrected chi connectivity index (χ0v) is 14.5. The summed E-state index contributed by atoms with van der Waals surface area (Å²) in [6, 6.07) is 9.62. The van der Waals surface area contributed by atoms with Crippen LogP contribution in [0.1, 0.15) is 17.3 Å². The van der Waals surface area contributed by atoms with Crippen molar-refractivity contribution in [2.45, 2.75) is 19.1 Å². The van der Waals surface area contributed by atoms with Crippen molar-refractivity contribution in [1.29, 1.82) is 0 Å². The summed E-state index contributed by atoms with van der Waals surface area (Å²) in [5, 5.41) is 6.12. The minimum absolute atomic E-state index is 0.0129. The van der Waals surface area contributed by atoms with Gasteiger partial charge in [-0.1, -0.05) is 18.2 Å². The topological polar surface area (TPSA) is 79.4 Å². The lowest BCUT2D eigenvalue weighted by Crippen LogP contribution is -2.44. The predicted molar refractivity (Wildman–Crippen MR) is 95.9 cm³/mol. The van der Waals surface area contributed by atoms with Gasteiger partial charge in [0.2, 0.25) is 5.95 Å². The Labute approximate surface area is 147 Å². The highest BCUT2D eigenvalue weighted by Gasteiger charge is 2.32. The minimum atomic E-state index is -0.184. The molecule has 0 saturated carbocycles. The average Bonchev–Trinajstić information content (AvgIpc) is 2.96. The van der Waals surface area contributed by atoms with E-state index in [1.54, 1.807) is 0 Å². The van der Waals surface area contributed by atoms with Crippen molar-refractivity contribution in [2.24, 2.45) is 0 Å². The van der Waals surface area contributed by atoms with Crippen LogP contribution in [0.3, 0.4) is 0 Å². The van der Waals surface area contributed by atoms with Crippen LogP contribution in [0.2, 0.25) is 0 Å². The van der Waals surface area contributed by atoms with E-state index in [4.69, 9.17) is 4.74 Å². The maximum atomic E-state index is 12.4. The van der Waals surface area contributed by atoms with Gasteiger partial charge in [0.05, 0.1) is 17.7 Å². The zero-order chi connectivity index (χ0) is 17.6. The lowest BCUT2D eigenvalue weighted by molar-refractivity contribution is 0.0513. The van der Waals surface area contributed by atoms with Crippen molar-refractivity contribution in [3.8, 4) is 0 Å². The van der Waals surface area contributed by atoms with Gasteiger partial charge in [-0.3, -0.25) is 4.79 Å². The molecule has 0 spiro atoms. The van der Waals surface area contributed by atoms with Crippen LogP contribution in [0.25, 0.3) is 0 Å². The molecule has 25 heavy (non-hydrogen) atoms. The number of hydrogen-bond acceptors (Lipinski definition) is 6. The van der Waals surface area contributed by atoms with Crippen molar-refractivity contribution < 1.29 is 9.53 Å². The van der Waals surface area contributed by atoms with Crippen molar-refractivity contribution in [2.75, 3.05) is 32.1 Å². The number of aromatic nitrogens is 2. The highest BCUT2D eigenvalue weighted by atomic mass is 16.5. The van der Waals surface area contributed by atoms with E-state index in [1.165, 1.54) is 12.4 Å². The van der Waals surface area contributed by atoms with Crippen LogP contribution in [0.15, 0.2) is 42.7 Å². The molecule has 2 N–H and O–H groups in total. The standard InChI is InChI=1S/C18H23N5O2/c1-3-25-16-12-23(2)11-15(16)22-17(24)13-9-19-18(20-10-13)21-14-7-5-4-6-8-14/h4-10,15-16H,3,11-12H2,1-2H3,(H,22,24)(H,19,20,21)/t15-,16-/m0/s1. The van der Waals surface area contributed by atoms with Crippen LogP contribution < -0.4 is 10.6 Å². The van der Waals surface area contributed by atoms with Gasteiger partial charge in [0, 0.05) is 37.8 Å². The van der Waals surface area contributed by atoms with E-state index in [9.17, 15) is 4.79 Å². The summed E-state index contributed by atoms with van der Waals surface area (Å²) < 4.78 is 5.71. The van der Waals surface area contributed by atoms with E-state index in [0.717, 1.165) is 18.8 Å². The van der Waals surface area contributed by atoms with Gasteiger partial charge in [-0.25, -0.2) is 9.97 Å². The average molecular weight is 341 g/mol. The molecule has 132 valence electrons. The summed E-state index contributed by atoms with van der Waals surface area (Å²) in [6.07, 6.45) is 3.07. The fraction of sp³-hybridized carbons (Fsp3) is 0.389. The van der Waals surface area contributed by atoms with Gasteiger partial charge in [-0.15, -0.1) is 0 Å². The number of amides is 1. The molecule has 1 aromatic heterocycles. The van der Waals surface area contributed by atoms with Gasteiger partial charge in [0.1, 0.15) is 0 Å². The van der Waals surface area contributed by atoms with E-state index in [2.05, 4.69) is 25.5 Å². The molecule has 1 saturated heterocycles. The Hall–Kier alpha value is -2.51. The van der Waals surface area contributed by atoms with Gasteiger partial charge in [-0.2, -0.15) is 0 Å². The molecule has 2 heterocycles. The smallest absolute Gasteiger partial charge is 0.254 e. The SMILES string of the molecule is CCO[C@H]1CN(C)C[C@@H]1NC(=O)c1cnc(Nc2ccccc2)nc1. The van der Waals surface area contributed by atoms with Gasteiger partial charge < -0.3 is 20.3 Å². The summed E-state index contributed by atoms with van der Waals surface area (Å²) in [5.74, 6) is 0.270. The molecule has 3 rings (SSSR count). The third kappa shape index (κ3) is 4.52. The molecule has 0 radical (unpaired) electrons. The van der Waals surface area contributed by atoms with E-state index in [-0.39, 0.29) is 18.1 Å². The second-order valence-electron chi connectivity index (χ2n) is 6.08. The second-order valence-corrected chi connectivity index (χ2v) is 6.08. The first-order valence-electron chi connectivity index (χ1n) is 8.41. The molecule has 7 nitrogen and oxygen atoms in total. The normalized spacial score (nSPS) is 20.4. The van der Waals surface area contributed by atoms with E-state index >= 15 is 0 Å². The van der Waals surface area contributed by atoms with E-state index < -0.39 is 0 Å². The molecular weight excluding hydrogens is 318 g/mol. The second kappa shape index (κ2) is 8.04. The maximum absolute atomic E-state index is 12.4. The maximum Gasteiger partial charge on any atom is 0.254 e. The monoisotopic (exact) mass is 341 g/mol. The van der Waals surface area contributed by atoms with Crippen LogP contribution in [0.5, 0.6) is 0 Å². The molecule has 1 aliphatic heterocycles. The number of likely N-dealkylation sites (N-methyl/N-ethyl adjacent to an activating group) is 1. The number of ether oxygens (including phenoxy) is 1. The molecule has 0 bridgehead atoms. The molecule has 1 amide bonds. The first-order valence-corrected chi connectivity index (χ1v) is 8.41. The highest BCUT2D eigenvalue weighted by Crippen LogP contribution is 2.14. The Morgan fingerprint density at radius 3 is 2.64 bits per heavy atom. The van der Waals surface area contributed by atoms with Crippen LogP contribution >= 0.6 is 0 Å². The molecule has 1 aliphatic rings. The number of benzene rings is 1. The quantitative estimate of drug-likeness (QED) is 0.832. The van der Waals surface area contributed by atoms with Gasteiger partial charge >= 0.3 is 0 Å². The number of hydrogen-bond donors (Lipinski definition) is 2. The molecule has 0 aliphatic carbocycles. The lowest BCUT2D eigenvalue weighted by atomic mass is 10.2. The molecular formula is C18H23N5O2. The molecule has 0 unspecified atom stereocenters. The summed E-state index contributed by atoms with van der Waals surface area (Å²) in [6.45, 7) is 4.18. The van der Waals surface area contributed by atoms with Crippen molar-refractivity contribution in [1.82, 2.24) is 20.2 Å². The van der Waals surface area contributed by atoms with E-state index in [1.807, 2.05) is 44.3 Å². The first-order chi connectivity index (χ1) is 12.2. The Morgan fingerprint density at radius 2 is 1.96 bits per heavy atom. The molecule has 1 aromatic carbocycles. The molecule has 2 atom stereocenters. The number of rotatable bonds is 6. The summed E-state index contributed by atoms with van der Waals surface area (Å²) >= 11 is 0. The highest BCUT2D eigenvalue weighted by molar-refractivity contribution is 5.94.